The van der Waals surface area contributed by atoms with E-state index in [4.69, 9.17) is 4.18 Å². The number of hydrogen-bond acceptors (Lipinski definition) is 3. The number of benzene rings is 1. The van der Waals surface area contributed by atoms with Crippen LogP contribution in [0.4, 0.5) is 0 Å². The summed E-state index contributed by atoms with van der Waals surface area (Å²) in [6, 6.07) is 8.71. The Kier molecular flexibility index (Phi) is 15.2. The fourth-order valence-corrected chi connectivity index (χ4v) is 3.65. The van der Waals surface area contributed by atoms with Gasteiger partial charge in [0.2, 0.25) is 0 Å². The summed E-state index contributed by atoms with van der Waals surface area (Å²) in [6.07, 6.45) is 13.3. The molecule has 1 rings (SSSR count). The van der Waals surface area contributed by atoms with Crippen LogP contribution in [0.25, 0.3) is 0 Å². The van der Waals surface area contributed by atoms with Gasteiger partial charge >= 0.3 is 39.7 Å². The summed E-state index contributed by atoms with van der Waals surface area (Å²) in [5.74, 6) is 0.509. The van der Waals surface area contributed by atoms with Gasteiger partial charge in [-0.3, -0.25) is 0 Å². The third-order valence-electron chi connectivity index (χ3n) is 3.96. The van der Waals surface area contributed by atoms with E-state index in [1.165, 1.54) is 51.4 Å². The predicted octanol–water partition coefficient (Wildman–Crippen LogP) is 5.06. The summed E-state index contributed by atoms with van der Waals surface area (Å²) in [5.41, 5.74) is 0. The first-order valence-corrected chi connectivity index (χ1v) is 10.7. The van der Waals surface area contributed by atoms with Gasteiger partial charge in [0.25, 0.3) is 0 Å². The molecule has 1 aromatic rings. The molecule has 0 fully saturated rings. The second-order valence-electron chi connectivity index (χ2n) is 6.19. The van der Waals surface area contributed by atoms with Crippen LogP contribution < -0.4 is 4.18 Å². The van der Waals surface area contributed by atoms with E-state index in [0.717, 1.165) is 12.8 Å². The van der Waals surface area contributed by atoms with Gasteiger partial charge in [-0.05, 0) is 18.6 Å². The van der Waals surface area contributed by atoms with E-state index in [-0.39, 0.29) is 35.3 Å². The van der Waals surface area contributed by atoms with Gasteiger partial charge < -0.3 is 4.18 Å². The zero-order valence-electron chi connectivity index (χ0n) is 14.5. The molecule has 134 valence electrons. The molecule has 0 aliphatic carbocycles. The molecule has 0 radical (unpaired) electrons. The van der Waals surface area contributed by atoms with Crippen LogP contribution in [0.3, 0.4) is 0 Å². The number of rotatable bonds is 14. The molecule has 0 saturated carbocycles. The molecule has 0 aliphatic rings. The van der Waals surface area contributed by atoms with E-state index < -0.39 is 10.1 Å². The maximum absolute atomic E-state index is 11.8. The van der Waals surface area contributed by atoms with Crippen molar-refractivity contribution in [3.05, 3.63) is 30.3 Å². The van der Waals surface area contributed by atoms with Crippen LogP contribution in [0.1, 0.15) is 77.6 Å². The molecule has 0 aliphatic heterocycles. The minimum absolute atomic E-state index is 0. The molecule has 0 N–H and O–H groups in total. The summed E-state index contributed by atoms with van der Waals surface area (Å²) in [7, 11) is -3.44. The van der Waals surface area contributed by atoms with Crippen molar-refractivity contribution in [1.29, 1.82) is 0 Å². The Bertz CT molecular complexity index is 489. The van der Waals surface area contributed by atoms with Gasteiger partial charge in [-0.2, -0.15) is 8.42 Å². The van der Waals surface area contributed by atoms with Gasteiger partial charge in [0.1, 0.15) is 5.75 Å². The van der Waals surface area contributed by atoms with E-state index in [0.29, 0.717) is 12.2 Å². The van der Waals surface area contributed by atoms with Gasteiger partial charge in [0.15, 0.2) is 0 Å². The van der Waals surface area contributed by atoms with Crippen molar-refractivity contribution in [1.82, 2.24) is 0 Å². The van der Waals surface area contributed by atoms with Gasteiger partial charge in [0, 0.05) is 0 Å². The zero-order chi connectivity index (χ0) is 16.8. The first-order valence-electron chi connectivity index (χ1n) is 9.11. The van der Waals surface area contributed by atoms with Crippen molar-refractivity contribution in [2.75, 3.05) is 5.75 Å². The summed E-state index contributed by atoms with van der Waals surface area (Å²) in [5, 5.41) is 0. The van der Waals surface area contributed by atoms with Gasteiger partial charge in [0.05, 0.1) is 5.75 Å². The van der Waals surface area contributed by atoms with Crippen molar-refractivity contribution in [2.45, 2.75) is 77.6 Å². The van der Waals surface area contributed by atoms with E-state index in [1.807, 2.05) is 6.07 Å². The normalized spacial score (nSPS) is 11.0. The molecule has 0 bridgehead atoms. The summed E-state index contributed by atoms with van der Waals surface area (Å²) >= 11 is 0. The minimum atomic E-state index is -3.44. The quantitative estimate of drug-likeness (QED) is 0.263. The Morgan fingerprint density at radius 2 is 1.21 bits per heavy atom. The molecule has 3 nitrogen and oxygen atoms in total. The maximum atomic E-state index is 11.8. The second-order valence-corrected chi connectivity index (χ2v) is 7.88. The fraction of sp³-hybridized carbons (Fsp3) is 0.684. The molecule has 1 aromatic carbocycles. The standard InChI is InChI=1S/C19H32O3S.Na.H/c1-2-3-4-5-6-7-8-9-10-11-15-18-23(20,21)22-19-16-13-12-14-17-19;;/h12-14,16-17H,2-11,15,18H2,1H3;;. The predicted molar refractivity (Wildman–Crippen MR) is 104 cm³/mol. The fourth-order valence-electron chi connectivity index (χ4n) is 2.61. The van der Waals surface area contributed by atoms with Gasteiger partial charge in [-0.25, -0.2) is 0 Å². The average Bonchev–Trinajstić information content (AvgIpc) is 2.53. The van der Waals surface area contributed by atoms with Crippen molar-refractivity contribution < 1.29 is 12.6 Å². The molecule has 0 amide bonds. The van der Waals surface area contributed by atoms with Crippen LogP contribution >= 0.6 is 0 Å². The number of hydrogen-bond donors (Lipinski definition) is 0. The topological polar surface area (TPSA) is 43.4 Å². The molecule has 0 heterocycles. The molecule has 0 spiro atoms. The average molecular weight is 365 g/mol. The molecule has 24 heavy (non-hydrogen) atoms. The van der Waals surface area contributed by atoms with Crippen molar-refractivity contribution in [2.24, 2.45) is 0 Å². The summed E-state index contributed by atoms with van der Waals surface area (Å²) in [4.78, 5) is 0. The summed E-state index contributed by atoms with van der Waals surface area (Å²) in [6.45, 7) is 2.24. The van der Waals surface area contributed by atoms with Crippen LogP contribution in [0.5, 0.6) is 5.75 Å². The SMILES string of the molecule is CCCCCCCCCCCCCS(=O)(=O)Oc1ccccc1.[NaH]. The molecular weight excluding hydrogens is 331 g/mol. The Morgan fingerprint density at radius 1 is 0.750 bits per heavy atom. The molecular formula is C19H33NaO3S. The molecule has 0 unspecified atom stereocenters. The van der Waals surface area contributed by atoms with Gasteiger partial charge in [-0.15, -0.1) is 0 Å². The van der Waals surface area contributed by atoms with E-state index in [2.05, 4.69) is 6.92 Å². The monoisotopic (exact) mass is 364 g/mol. The third kappa shape index (κ3) is 13.3. The number of unbranched alkanes of at least 4 members (excludes halogenated alkanes) is 10. The third-order valence-corrected chi connectivity index (χ3v) is 5.20. The Morgan fingerprint density at radius 3 is 1.71 bits per heavy atom. The van der Waals surface area contributed by atoms with E-state index in [9.17, 15) is 8.42 Å². The first-order chi connectivity index (χ1) is 11.1. The van der Waals surface area contributed by atoms with Gasteiger partial charge in [-0.1, -0.05) is 89.3 Å². The second kappa shape index (κ2) is 15.2. The van der Waals surface area contributed by atoms with E-state index in [1.54, 1.807) is 24.3 Å². The Hall–Kier alpha value is -0.0300. The van der Waals surface area contributed by atoms with Crippen LogP contribution in [0, 0.1) is 0 Å². The van der Waals surface area contributed by atoms with E-state index >= 15 is 0 Å². The van der Waals surface area contributed by atoms with Crippen molar-refractivity contribution >= 4 is 39.7 Å². The molecule has 5 heteroatoms. The Balaban J connectivity index is 0.00000529. The zero-order valence-corrected chi connectivity index (χ0v) is 15.3. The first kappa shape index (κ1) is 24.0. The van der Waals surface area contributed by atoms with Crippen molar-refractivity contribution in [3.63, 3.8) is 0 Å². The van der Waals surface area contributed by atoms with Crippen molar-refractivity contribution in [3.8, 4) is 5.75 Å². The number of para-hydroxylation sites is 1. The summed E-state index contributed by atoms with van der Waals surface area (Å²) < 4.78 is 28.7. The Labute approximate surface area is 171 Å². The van der Waals surface area contributed by atoms with Crippen LogP contribution in [0.15, 0.2) is 30.3 Å². The van der Waals surface area contributed by atoms with Crippen LogP contribution in [-0.2, 0) is 10.1 Å². The molecule has 0 aromatic heterocycles. The molecule has 0 saturated heterocycles. The molecule has 0 atom stereocenters. The van der Waals surface area contributed by atoms with Crippen LogP contribution in [0.2, 0.25) is 0 Å². The van der Waals surface area contributed by atoms with Crippen LogP contribution in [-0.4, -0.2) is 43.7 Å².